The fraction of sp³-hybridized carbons (Fsp3) is 0.333. The largest absolute Gasteiger partial charge is 0.322 e. The highest BCUT2D eigenvalue weighted by Crippen LogP contribution is 2.21. The topological polar surface area (TPSA) is 59.2 Å². The maximum atomic E-state index is 12.4. The van der Waals surface area contributed by atoms with Crippen LogP contribution in [0.5, 0.6) is 0 Å². The summed E-state index contributed by atoms with van der Waals surface area (Å²) in [7, 11) is 1.77. The van der Waals surface area contributed by atoms with Crippen molar-refractivity contribution < 1.29 is 4.79 Å². The van der Waals surface area contributed by atoms with Gasteiger partial charge in [-0.25, -0.2) is 4.98 Å². The normalized spacial score (nSPS) is 12.2. The van der Waals surface area contributed by atoms with Crippen LogP contribution < -0.4 is 10.6 Å². The van der Waals surface area contributed by atoms with Crippen LogP contribution in [0.2, 0.25) is 0 Å². The molecule has 4 nitrogen and oxygen atoms in total. The molecule has 0 fully saturated rings. The molecular formula is C15H19N3OS. The molecule has 106 valence electrons. The van der Waals surface area contributed by atoms with Gasteiger partial charge in [0.1, 0.15) is 10.7 Å². The highest BCUT2D eigenvalue weighted by Gasteiger charge is 2.18. The van der Waals surface area contributed by atoms with Crippen molar-refractivity contribution in [2.75, 3.05) is 11.9 Å². The molecule has 1 aromatic heterocycles. The molecule has 0 bridgehead atoms. The molecule has 2 aromatic rings. The van der Waals surface area contributed by atoms with Gasteiger partial charge in [-0.2, -0.15) is 0 Å². The van der Waals surface area contributed by atoms with Gasteiger partial charge in [-0.3, -0.25) is 4.79 Å². The van der Waals surface area contributed by atoms with Gasteiger partial charge in [0, 0.05) is 18.1 Å². The van der Waals surface area contributed by atoms with Crippen molar-refractivity contribution in [1.29, 1.82) is 0 Å². The van der Waals surface area contributed by atoms with Gasteiger partial charge in [0.25, 0.3) is 5.91 Å². The minimum atomic E-state index is -0.145. The summed E-state index contributed by atoms with van der Waals surface area (Å²) in [5, 5.41) is 2.54. The Bertz CT molecular complexity index is 614. The van der Waals surface area contributed by atoms with Gasteiger partial charge in [-0.1, -0.05) is 6.07 Å². The summed E-state index contributed by atoms with van der Waals surface area (Å²) in [5.41, 5.74) is 9.37. The molecule has 1 heterocycles. The van der Waals surface area contributed by atoms with Crippen molar-refractivity contribution in [3.63, 3.8) is 0 Å². The first kappa shape index (κ1) is 14.7. The Balaban J connectivity index is 2.27. The maximum Gasteiger partial charge on any atom is 0.277 e. The van der Waals surface area contributed by atoms with Crippen molar-refractivity contribution in [3.8, 4) is 0 Å². The molecule has 2 rings (SSSR count). The van der Waals surface area contributed by atoms with Gasteiger partial charge in [0.2, 0.25) is 0 Å². The van der Waals surface area contributed by atoms with Gasteiger partial charge >= 0.3 is 0 Å². The molecule has 20 heavy (non-hydrogen) atoms. The van der Waals surface area contributed by atoms with Crippen LogP contribution in [0.3, 0.4) is 0 Å². The average molecular weight is 289 g/mol. The van der Waals surface area contributed by atoms with E-state index in [4.69, 9.17) is 5.73 Å². The second-order valence-corrected chi connectivity index (χ2v) is 5.96. The predicted octanol–water partition coefficient (Wildman–Crippen LogP) is 3.06. The lowest BCUT2D eigenvalue weighted by atomic mass is 10.1. The molecule has 2 N–H and O–H groups in total. The Labute approximate surface area is 123 Å². The van der Waals surface area contributed by atoms with Crippen LogP contribution in [0.25, 0.3) is 0 Å². The summed E-state index contributed by atoms with van der Waals surface area (Å²) in [6.07, 6.45) is 0. The molecule has 0 spiro atoms. The molecule has 0 saturated carbocycles. The highest BCUT2D eigenvalue weighted by atomic mass is 32.1. The lowest BCUT2D eigenvalue weighted by Gasteiger charge is -2.17. The molecule has 1 atom stereocenters. The van der Waals surface area contributed by atoms with Gasteiger partial charge in [-0.15, -0.1) is 11.3 Å². The number of anilines is 1. The molecular weight excluding hydrogens is 270 g/mol. The number of aromatic nitrogens is 1. The molecule has 1 unspecified atom stereocenters. The number of nitrogens with zero attached hydrogens (tertiary/aromatic N) is 2. The van der Waals surface area contributed by atoms with E-state index in [2.05, 4.69) is 11.1 Å². The molecule has 0 aliphatic carbocycles. The van der Waals surface area contributed by atoms with Crippen LogP contribution in [-0.2, 0) is 0 Å². The summed E-state index contributed by atoms with van der Waals surface area (Å²) in [6, 6.07) is 5.92. The van der Waals surface area contributed by atoms with Crippen LogP contribution in [0, 0.1) is 13.8 Å². The Kier molecular flexibility index (Phi) is 4.20. The van der Waals surface area contributed by atoms with Crippen LogP contribution >= 0.6 is 11.3 Å². The van der Waals surface area contributed by atoms with Crippen LogP contribution in [0.1, 0.15) is 39.6 Å². The molecule has 5 heteroatoms. The lowest BCUT2D eigenvalue weighted by molar-refractivity contribution is 0.0989. The van der Waals surface area contributed by atoms with E-state index in [-0.39, 0.29) is 11.9 Å². The number of carbonyl (C=O) groups is 1. The smallest absolute Gasteiger partial charge is 0.277 e. The van der Waals surface area contributed by atoms with E-state index in [9.17, 15) is 4.79 Å². The minimum absolute atomic E-state index is 0.113. The van der Waals surface area contributed by atoms with E-state index in [1.165, 1.54) is 11.3 Å². The van der Waals surface area contributed by atoms with Crippen LogP contribution in [-0.4, -0.2) is 17.9 Å². The first-order valence-electron chi connectivity index (χ1n) is 6.46. The second kappa shape index (κ2) is 5.73. The fourth-order valence-electron chi connectivity index (χ4n) is 2.03. The van der Waals surface area contributed by atoms with Crippen LogP contribution in [0.15, 0.2) is 23.6 Å². The average Bonchev–Trinajstić information content (AvgIpc) is 2.85. The third-order valence-corrected chi connectivity index (χ3v) is 4.07. The van der Waals surface area contributed by atoms with E-state index < -0.39 is 0 Å². The number of nitrogens with two attached hydrogens (primary N) is 1. The van der Waals surface area contributed by atoms with E-state index >= 15 is 0 Å². The molecule has 0 aliphatic rings. The number of amides is 1. The maximum absolute atomic E-state index is 12.4. The summed E-state index contributed by atoms with van der Waals surface area (Å²) >= 11 is 1.42. The Morgan fingerprint density at radius 2 is 1.90 bits per heavy atom. The van der Waals surface area contributed by atoms with Crippen LogP contribution in [0.4, 0.5) is 5.69 Å². The number of benzene rings is 1. The number of aryl methyl sites for hydroxylation is 2. The van der Waals surface area contributed by atoms with Crippen molar-refractivity contribution in [2.45, 2.75) is 26.8 Å². The van der Waals surface area contributed by atoms with Gasteiger partial charge in [0.15, 0.2) is 0 Å². The third kappa shape index (κ3) is 3.05. The minimum Gasteiger partial charge on any atom is -0.322 e. The van der Waals surface area contributed by atoms with Crippen molar-refractivity contribution in [2.24, 2.45) is 5.73 Å². The Hall–Kier alpha value is -1.72. The monoisotopic (exact) mass is 289 g/mol. The zero-order chi connectivity index (χ0) is 14.9. The number of hydrogen-bond donors (Lipinski definition) is 1. The quantitative estimate of drug-likeness (QED) is 0.944. The fourth-order valence-corrected chi connectivity index (χ4v) is 2.78. The van der Waals surface area contributed by atoms with E-state index in [1.54, 1.807) is 17.3 Å². The molecule has 0 aliphatic heterocycles. The summed E-state index contributed by atoms with van der Waals surface area (Å²) in [4.78, 5) is 18.4. The second-order valence-electron chi connectivity index (χ2n) is 5.07. The number of carbonyl (C=O) groups excluding carboxylic acids is 1. The zero-order valence-electron chi connectivity index (χ0n) is 12.2. The first-order valence-corrected chi connectivity index (χ1v) is 7.34. The highest BCUT2D eigenvalue weighted by molar-refractivity contribution is 7.09. The van der Waals surface area contributed by atoms with E-state index in [1.807, 2.05) is 32.9 Å². The van der Waals surface area contributed by atoms with Crippen molar-refractivity contribution >= 4 is 22.9 Å². The number of thiazole rings is 1. The SMILES string of the molecule is Cc1cc(C)cc(N(C)C(=O)c2csc(C(C)N)n2)c1. The van der Waals surface area contributed by atoms with Crippen molar-refractivity contribution in [3.05, 3.63) is 45.4 Å². The molecule has 1 aromatic carbocycles. The summed E-state index contributed by atoms with van der Waals surface area (Å²) in [5.74, 6) is -0.113. The summed E-state index contributed by atoms with van der Waals surface area (Å²) < 4.78 is 0. The summed E-state index contributed by atoms with van der Waals surface area (Å²) in [6.45, 7) is 5.90. The van der Waals surface area contributed by atoms with Gasteiger partial charge in [-0.05, 0) is 44.0 Å². The lowest BCUT2D eigenvalue weighted by Crippen LogP contribution is -2.26. The van der Waals surface area contributed by atoms with E-state index in [0.29, 0.717) is 5.69 Å². The Morgan fingerprint density at radius 3 is 2.40 bits per heavy atom. The van der Waals surface area contributed by atoms with Gasteiger partial charge in [0.05, 0.1) is 6.04 Å². The predicted molar refractivity (Wildman–Crippen MR) is 83.4 cm³/mol. The standard InChI is InChI=1S/C15H19N3OS/c1-9-5-10(2)7-12(6-9)18(4)15(19)13-8-20-14(17-13)11(3)16/h5-8,11H,16H2,1-4H3. The first-order chi connectivity index (χ1) is 9.38. The molecule has 0 radical (unpaired) electrons. The van der Waals surface area contributed by atoms with E-state index in [0.717, 1.165) is 21.8 Å². The molecule has 0 saturated heterocycles. The zero-order valence-corrected chi connectivity index (χ0v) is 13.0. The van der Waals surface area contributed by atoms with Gasteiger partial charge < -0.3 is 10.6 Å². The third-order valence-electron chi connectivity index (χ3n) is 3.03. The van der Waals surface area contributed by atoms with Crippen molar-refractivity contribution in [1.82, 2.24) is 4.98 Å². The number of hydrogen-bond acceptors (Lipinski definition) is 4. The molecule has 1 amide bonds. The Morgan fingerprint density at radius 1 is 1.30 bits per heavy atom. The number of rotatable bonds is 3.